The van der Waals surface area contributed by atoms with Gasteiger partial charge in [-0.3, -0.25) is 15.0 Å². The van der Waals surface area contributed by atoms with Crippen LogP contribution in [0.3, 0.4) is 0 Å². The first kappa shape index (κ1) is 12.8. The summed E-state index contributed by atoms with van der Waals surface area (Å²) in [5, 5.41) is 10.7. The lowest BCUT2D eigenvalue weighted by atomic mass is 10.00. The standard InChI is InChI=1S/C13H19N3O2/c1-10-3-2-6-15(8-10)9-11-4-5-13(16(17)18)12(14)7-11/h4-5,7,10H,2-3,6,8-9,14H2,1H3. The van der Waals surface area contributed by atoms with Crippen LogP contribution in [0.4, 0.5) is 11.4 Å². The summed E-state index contributed by atoms with van der Waals surface area (Å²) in [5.74, 6) is 0.731. The Labute approximate surface area is 107 Å². The van der Waals surface area contributed by atoms with E-state index >= 15 is 0 Å². The monoisotopic (exact) mass is 249 g/mol. The maximum Gasteiger partial charge on any atom is 0.292 e. The normalized spacial score (nSPS) is 20.8. The van der Waals surface area contributed by atoms with E-state index in [0.717, 1.165) is 31.1 Å². The van der Waals surface area contributed by atoms with Crippen molar-refractivity contribution in [1.82, 2.24) is 4.90 Å². The molecule has 98 valence electrons. The largest absolute Gasteiger partial charge is 0.393 e. The Hall–Kier alpha value is -1.62. The summed E-state index contributed by atoms with van der Waals surface area (Å²) >= 11 is 0. The molecule has 1 atom stereocenters. The Balaban J connectivity index is 2.05. The average molecular weight is 249 g/mol. The van der Waals surface area contributed by atoms with Crippen LogP contribution in [0.15, 0.2) is 18.2 Å². The molecule has 0 aromatic heterocycles. The summed E-state index contributed by atoms with van der Waals surface area (Å²) in [5.41, 5.74) is 6.99. The number of likely N-dealkylation sites (tertiary alicyclic amines) is 1. The zero-order valence-electron chi connectivity index (χ0n) is 10.6. The SMILES string of the molecule is CC1CCCN(Cc2ccc([N+](=O)[O-])c(N)c2)C1. The molecule has 18 heavy (non-hydrogen) atoms. The summed E-state index contributed by atoms with van der Waals surface area (Å²) < 4.78 is 0. The summed E-state index contributed by atoms with van der Waals surface area (Å²) in [6, 6.07) is 5.02. The number of nitrogens with two attached hydrogens (primary N) is 1. The molecule has 1 aliphatic heterocycles. The first-order valence-electron chi connectivity index (χ1n) is 6.31. The number of benzene rings is 1. The third kappa shape index (κ3) is 2.98. The Morgan fingerprint density at radius 3 is 2.94 bits per heavy atom. The molecule has 5 heteroatoms. The van der Waals surface area contributed by atoms with Gasteiger partial charge in [0, 0.05) is 19.2 Å². The molecular formula is C13H19N3O2. The number of hydrogen-bond acceptors (Lipinski definition) is 4. The van der Waals surface area contributed by atoms with E-state index in [1.165, 1.54) is 18.9 Å². The molecule has 0 amide bonds. The maximum atomic E-state index is 10.7. The van der Waals surface area contributed by atoms with Crippen molar-refractivity contribution in [3.63, 3.8) is 0 Å². The molecular weight excluding hydrogens is 230 g/mol. The van der Waals surface area contributed by atoms with E-state index in [2.05, 4.69) is 11.8 Å². The van der Waals surface area contributed by atoms with Crippen LogP contribution < -0.4 is 5.73 Å². The Kier molecular flexibility index (Phi) is 3.81. The summed E-state index contributed by atoms with van der Waals surface area (Å²) in [6.45, 7) is 5.28. The highest BCUT2D eigenvalue weighted by Gasteiger charge is 2.17. The fourth-order valence-electron chi connectivity index (χ4n) is 2.56. The minimum Gasteiger partial charge on any atom is -0.393 e. The molecule has 1 aromatic carbocycles. The molecule has 1 fully saturated rings. The highest BCUT2D eigenvalue weighted by Crippen LogP contribution is 2.24. The number of nitro benzene ring substituents is 1. The molecule has 0 spiro atoms. The fraction of sp³-hybridized carbons (Fsp3) is 0.538. The number of hydrogen-bond donors (Lipinski definition) is 1. The van der Waals surface area contributed by atoms with Crippen molar-refractivity contribution >= 4 is 11.4 Å². The molecule has 2 rings (SSSR count). The van der Waals surface area contributed by atoms with Crippen molar-refractivity contribution in [2.75, 3.05) is 18.8 Å². The van der Waals surface area contributed by atoms with Crippen LogP contribution in [0.1, 0.15) is 25.3 Å². The highest BCUT2D eigenvalue weighted by molar-refractivity contribution is 5.59. The van der Waals surface area contributed by atoms with Gasteiger partial charge in [0.1, 0.15) is 5.69 Å². The third-order valence-electron chi connectivity index (χ3n) is 3.44. The predicted octanol–water partition coefficient (Wildman–Crippen LogP) is 2.41. The van der Waals surface area contributed by atoms with Crippen LogP contribution in [0.2, 0.25) is 0 Å². The first-order valence-corrected chi connectivity index (χ1v) is 6.31. The zero-order valence-corrected chi connectivity index (χ0v) is 10.6. The number of piperidine rings is 1. The summed E-state index contributed by atoms with van der Waals surface area (Å²) in [7, 11) is 0. The molecule has 0 bridgehead atoms. The predicted molar refractivity (Wildman–Crippen MR) is 71.2 cm³/mol. The van der Waals surface area contributed by atoms with Crippen LogP contribution in [0, 0.1) is 16.0 Å². The fourth-order valence-corrected chi connectivity index (χ4v) is 2.56. The molecule has 0 saturated carbocycles. The van der Waals surface area contributed by atoms with Crippen molar-refractivity contribution in [2.24, 2.45) is 5.92 Å². The van der Waals surface area contributed by atoms with Gasteiger partial charge < -0.3 is 5.73 Å². The van der Waals surface area contributed by atoms with Gasteiger partial charge in [-0.15, -0.1) is 0 Å². The van der Waals surface area contributed by atoms with Gasteiger partial charge in [-0.25, -0.2) is 0 Å². The quantitative estimate of drug-likeness (QED) is 0.507. The van der Waals surface area contributed by atoms with E-state index in [1.54, 1.807) is 12.1 Å². The van der Waals surface area contributed by atoms with Gasteiger partial charge in [0.25, 0.3) is 5.69 Å². The molecule has 1 unspecified atom stereocenters. The van der Waals surface area contributed by atoms with Crippen LogP contribution in [0.5, 0.6) is 0 Å². The van der Waals surface area contributed by atoms with Crippen molar-refractivity contribution in [3.8, 4) is 0 Å². The second-order valence-electron chi connectivity index (χ2n) is 5.13. The Morgan fingerprint density at radius 1 is 1.56 bits per heavy atom. The molecule has 1 aromatic rings. The van der Waals surface area contributed by atoms with Gasteiger partial charge in [0.05, 0.1) is 4.92 Å². The van der Waals surface area contributed by atoms with Crippen molar-refractivity contribution in [3.05, 3.63) is 33.9 Å². The number of rotatable bonds is 3. The van der Waals surface area contributed by atoms with Gasteiger partial charge in [-0.1, -0.05) is 13.0 Å². The van der Waals surface area contributed by atoms with Crippen LogP contribution >= 0.6 is 0 Å². The van der Waals surface area contributed by atoms with Crippen molar-refractivity contribution < 1.29 is 4.92 Å². The number of nitrogen functional groups attached to an aromatic ring is 1. The molecule has 1 aliphatic rings. The van der Waals surface area contributed by atoms with Crippen molar-refractivity contribution in [2.45, 2.75) is 26.3 Å². The highest BCUT2D eigenvalue weighted by atomic mass is 16.6. The molecule has 0 radical (unpaired) electrons. The number of anilines is 1. The van der Waals surface area contributed by atoms with E-state index in [9.17, 15) is 10.1 Å². The van der Waals surface area contributed by atoms with E-state index in [1.807, 2.05) is 0 Å². The lowest BCUT2D eigenvalue weighted by molar-refractivity contribution is -0.383. The van der Waals surface area contributed by atoms with Crippen LogP contribution in [-0.4, -0.2) is 22.9 Å². The Bertz CT molecular complexity index is 448. The first-order chi connectivity index (χ1) is 8.56. The molecule has 0 aliphatic carbocycles. The van der Waals surface area contributed by atoms with Gasteiger partial charge in [0.15, 0.2) is 0 Å². The van der Waals surface area contributed by atoms with Crippen LogP contribution in [0.25, 0.3) is 0 Å². The van der Waals surface area contributed by atoms with E-state index < -0.39 is 4.92 Å². The topological polar surface area (TPSA) is 72.4 Å². The van der Waals surface area contributed by atoms with Gasteiger partial charge >= 0.3 is 0 Å². The second kappa shape index (κ2) is 5.35. The lowest BCUT2D eigenvalue weighted by Gasteiger charge is -2.30. The van der Waals surface area contributed by atoms with Gasteiger partial charge in [-0.2, -0.15) is 0 Å². The third-order valence-corrected chi connectivity index (χ3v) is 3.44. The molecule has 2 N–H and O–H groups in total. The van der Waals surface area contributed by atoms with E-state index in [4.69, 9.17) is 5.73 Å². The Morgan fingerprint density at radius 2 is 2.33 bits per heavy atom. The number of nitro groups is 1. The lowest BCUT2D eigenvalue weighted by Crippen LogP contribution is -2.33. The minimum absolute atomic E-state index is 0.00855. The average Bonchev–Trinajstić information content (AvgIpc) is 2.28. The smallest absolute Gasteiger partial charge is 0.292 e. The van der Waals surface area contributed by atoms with Gasteiger partial charge in [-0.05, 0) is 36.9 Å². The van der Waals surface area contributed by atoms with E-state index in [0.29, 0.717) is 0 Å². The summed E-state index contributed by atoms with van der Waals surface area (Å²) in [6.07, 6.45) is 2.52. The molecule has 1 heterocycles. The second-order valence-corrected chi connectivity index (χ2v) is 5.13. The van der Waals surface area contributed by atoms with Crippen LogP contribution in [-0.2, 0) is 6.54 Å². The minimum atomic E-state index is -0.442. The maximum absolute atomic E-state index is 10.7. The van der Waals surface area contributed by atoms with E-state index in [-0.39, 0.29) is 11.4 Å². The van der Waals surface area contributed by atoms with Gasteiger partial charge in [0.2, 0.25) is 0 Å². The molecule has 5 nitrogen and oxygen atoms in total. The summed E-state index contributed by atoms with van der Waals surface area (Å²) in [4.78, 5) is 12.6. The molecule has 1 saturated heterocycles. The zero-order chi connectivity index (χ0) is 13.1. The number of nitrogens with zero attached hydrogens (tertiary/aromatic N) is 2. The van der Waals surface area contributed by atoms with Crippen molar-refractivity contribution in [1.29, 1.82) is 0 Å².